The Bertz CT molecular complexity index is 1360. The van der Waals surface area contributed by atoms with E-state index in [9.17, 15) is 5.26 Å². The molecule has 9 heteroatoms. The second kappa shape index (κ2) is 7.67. The molecule has 7 rings (SSSR count). The minimum Gasteiger partial charge on any atom is -0.495 e. The molecule has 4 aromatic rings. The maximum Gasteiger partial charge on any atom is 0.150 e. The molecule has 1 N–H and O–H groups in total. The molecule has 33 heavy (non-hydrogen) atoms. The molecule has 0 saturated heterocycles. The molecule has 0 aromatic carbocycles. The SMILES string of the molecule is COc1cnc(C#N)c(-c2cn(Cc3cn4cc(CNCC56CC(C5)C6)ccc4n3)nn2)c1. The number of hydrogen-bond donors (Lipinski definition) is 1. The van der Waals surface area contributed by atoms with Crippen LogP contribution in [0.25, 0.3) is 16.9 Å². The van der Waals surface area contributed by atoms with Crippen LogP contribution in [0.1, 0.15) is 36.2 Å². The lowest BCUT2D eigenvalue weighted by atomic mass is 9.44. The molecule has 3 fully saturated rings. The summed E-state index contributed by atoms with van der Waals surface area (Å²) in [5.74, 6) is 1.59. The Morgan fingerprint density at radius 1 is 1.24 bits per heavy atom. The Hall–Kier alpha value is -3.77. The zero-order chi connectivity index (χ0) is 22.4. The number of hydrogen-bond acceptors (Lipinski definition) is 7. The zero-order valence-corrected chi connectivity index (χ0v) is 18.4. The van der Waals surface area contributed by atoms with Gasteiger partial charge < -0.3 is 14.5 Å². The highest BCUT2D eigenvalue weighted by Gasteiger charge is 2.55. The predicted molar refractivity (Wildman–Crippen MR) is 120 cm³/mol. The number of aromatic nitrogens is 6. The van der Waals surface area contributed by atoms with Crippen LogP contribution in [0.2, 0.25) is 0 Å². The van der Waals surface area contributed by atoms with Crippen molar-refractivity contribution in [3.63, 3.8) is 0 Å². The summed E-state index contributed by atoms with van der Waals surface area (Å²) in [7, 11) is 1.56. The van der Waals surface area contributed by atoms with Gasteiger partial charge in [0.1, 0.15) is 28.9 Å². The Morgan fingerprint density at radius 3 is 2.88 bits per heavy atom. The van der Waals surface area contributed by atoms with Gasteiger partial charge in [-0.05, 0) is 48.3 Å². The van der Waals surface area contributed by atoms with Gasteiger partial charge in [0.05, 0.1) is 31.7 Å². The van der Waals surface area contributed by atoms with Gasteiger partial charge in [0.15, 0.2) is 0 Å². The molecular weight excluding hydrogens is 416 g/mol. The quantitative estimate of drug-likeness (QED) is 0.449. The Kier molecular flexibility index (Phi) is 4.62. The van der Waals surface area contributed by atoms with Gasteiger partial charge >= 0.3 is 0 Å². The van der Waals surface area contributed by atoms with E-state index in [4.69, 9.17) is 9.72 Å². The molecule has 0 aliphatic heterocycles. The standard InChI is InChI=1S/C24H24N8O/c1-33-19-4-20(21(8-25)27-10-19)22-14-32(30-29-22)13-18-12-31-11-16(2-3-23(31)28-18)9-26-15-24-5-17(6-24)7-24/h2-4,10-12,14,17,26H,5-7,9,13,15H2,1H3. The van der Waals surface area contributed by atoms with E-state index >= 15 is 0 Å². The number of nitrogens with one attached hydrogen (secondary N) is 1. The molecule has 2 bridgehead atoms. The van der Waals surface area contributed by atoms with Crippen LogP contribution >= 0.6 is 0 Å². The summed E-state index contributed by atoms with van der Waals surface area (Å²) in [4.78, 5) is 8.85. The third-order valence-corrected chi connectivity index (χ3v) is 6.90. The van der Waals surface area contributed by atoms with Crippen molar-refractivity contribution in [2.45, 2.75) is 32.4 Å². The van der Waals surface area contributed by atoms with Crippen molar-refractivity contribution < 1.29 is 4.74 Å². The molecule has 166 valence electrons. The fraction of sp³-hybridized carbons (Fsp3) is 0.375. The third kappa shape index (κ3) is 3.62. The fourth-order valence-corrected chi connectivity index (χ4v) is 5.12. The molecule has 3 aliphatic rings. The molecule has 3 aliphatic carbocycles. The van der Waals surface area contributed by atoms with Crippen molar-refractivity contribution >= 4 is 5.65 Å². The van der Waals surface area contributed by atoms with Crippen LogP contribution in [-0.2, 0) is 13.1 Å². The first-order chi connectivity index (χ1) is 16.1. The predicted octanol–water partition coefficient (Wildman–Crippen LogP) is 2.81. The summed E-state index contributed by atoms with van der Waals surface area (Å²) in [5, 5.41) is 21.5. The number of pyridine rings is 2. The average molecular weight is 441 g/mol. The molecule has 0 amide bonds. The summed E-state index contributed by atoms with van der Waals surface area (Å²) in [6, 6.07) is 8.02. The number of methoxy groups -OCH3 is 1. The number of fused-ring (bicyclic) bond motifs is 1. The van der Waals surface area contributed by atoms with Gasteiger partial charge in [-0.1, -0.05) is 11.3 Å². The lowest BCUT2D eigenvalue weighted by molar-refractivity contribution is -0.103. The van der Waals surface area contributed by atoms with Gasteiger partial charge in [0.25, 0.3) is 0 Å². The summed E-state index contributed by atoms with van der Waals surface area (Å²) in [5.41, 5.74) is 5.09. The van der Waals surface area contributed by atoms with Gasteiger partial charge in [-0.25, -0.2) is 14.6 Å². The largest absolute Gasteiger partial charge is 0.495 e. The zero-order valence-electron chi connectivity index (χ0n) is 18.4. The Balaban J connectivity index is 1.15. The van der Waals surface area contributed by atoms with Crippen LogP contribution in [0.3, 0.4) is 0 Å². The number of nitrogens with zero attached hydrogens (tertiary/aromatic N) is 7. The lowest BCUT2D eigenvalue weighted by Crippen LogP contribution is -2.56. The van der Waals surface area contributed by atoms with Crippen molar-refractivity contribution in [2.24, 2.45) is 11.3 Å². The number of nitriles is 1. The molecule has 0 unspecified atom stereocenters. The molecule has 9 nitrogen and oxygen atoms in total. The second-order valence-corrected chi connectivity index (χ2v) is 9.30. The fourth-order valence-electron chi connectivity index (χ4n) is 5.12. The molecule has 4 aromatic heterocycles. The summed E-state index contributed by atoms with van der Waals surface area (Å²) < 4.78 is 9.00. The van der Waals surface area contributed by atoms with Gasteiger partial charge in [0.2, 0.25) is 0 Å². The van der Waals surface area contributed by atoms with Crippen LogP contribution in [0.4, 0.5) is 0 Å². The van der Waals surface area contributed by atoms with Crippen molar-refractivity contribution in [1.29, 1.82) is 5.26 Å². The van der Waals surface area contributed by atoms with Crippen molar-refractivity contribution in [3.8, 4) is 23.1 Å². The van der Waals surface area contributed by atoms with Gasteiger partial charge in [-0.15, -0.1) is 5.10 Å². The van der Waals surface area contributed by atoms with Gasteiger partial charge in [-0.3, -0.25) is 0 Å². The topological polar surface area (TPSA) is 106 Å². The van der Waals surface area contributed by atoms with Crippen LogP contribution in [0.15, 0.2) is 43.0 Å². The number of ether oxygens (including phenoxy) is 1. The molecular formula is C24H24N8O. The van der Waals surface area contributed by atoms with E-state index in [1.807, 2.05) is 6.20 Å². The van der Waals surface area contributed by atoms with E-state index in [0.717, 1.165) is 30.3 Å². The van der Waals surface area contributed by atoms with Crippen LogP contribution in [-0.4, -0.2) is 43.0 Å². The van der Waals surface area contributed by atoms with E-state index in [1.54, 1.807) is 24.1 Å². The van der Waals surface area contributed by atoms with Gasteiger partial charge in [0, 0.05) is 31.0 Å². The van der Waals surface area contributed by atoms with Crippen LogP contribution in [0.5, 0.6) is 5.75 Å². The molecule has 3 saturated carbocycles. The van der Waals surface area contributed by atoms with Crippen LogP contribution in [0, 0.1) is 22.7 Å². The second-order valence-electron chi connectivity index (χ2n) is 9.30. The first kappa shape index (κ1) is 19.9. The highest BCUT2D eigenvalue weighted by atomic mass is 16.5. The summed E-state index contributed by atoms with van der Waals surface area (Å²) in [6.45, 7) is 2.48. The van der Waals surface area contributed by atoms with Crippen LogP contribution < -0.4 is 10.1 Å². The monoisotopic (exact) mass is 440 g/mol. The van der Waals surface area contributed by atoms with E-state index in [-0.39, 0.29) is 5.69 Å². The minimum absolute atomic E-state index is 0.283. The highest BCUT2D eigenvalue weighted by Crippen LogP contribution is 2.63. The van der Waals surface area contributed by atoms with E-state index in [1.165, 1.54) is 31.0 Å². The molecule has 0 radical (unpaired) electrons. The van der Waals surface area contributed by atoms with Crippen molar-refractivity contribution in [2.75, 3.05) is 13.7 Å². The lowest BCUT2D eigenvalue weighted by Gasteiger charge is -2.62. The maximum atomic E-state index is 9.37. The Morgan fingerprint density at radius 2 is 2.12 bits per heavy atom. The highest BCUT2D eigenvalue weighted by molar-refractivity contribution is 5.65. The molecule has 4 heterocycles. The first-order valence-electron chi connectivity index (χ1n) is 11.1. The normalized spacial score (nSPS) is 20.8. The smallest absolute Gasteiger partial charge is 0.150 e. The average Bonchev–Trinajstić information content (AvgIpc) is 3.40. The van der Waals surface area contributed by atoms with Crippen molar-refractivity contribution in [3.05, 3.63) is 59.9 Å². The first-order valence-corrected chi connectivity index (χ1v) is 11.1. The third-order valence-electron chi connectivity index (χ3n) is 6.90. The van der Waals surface area contributed by atoms with E-state index in [0.29, 0.717) is 29.0 Å². The van der Waals surface area contributed by atoms with E-state index in [2.05, 4.69) is 49.4 Å². The van der Waals surface area contributed by atoms with Gasteiger partial charge in [-0.2, -0.15) is 5.26 Å². The molecule has 0 atom stereocenters. The summed E-state index contributed by atoms with van der Waals surface area (Å²) in [6.07, 6.45) is 11.7. The maximum absolute atomic E-state index is 9.37. The van der Waals surface area contributed by atoms with Crippen molar-refractivity contribution in [1.82, 2.24) is 34.7 Å². The summed E-state index contributed by atoms with van der Waals surface area (Å²) >= 11 is 0. The number of imidazole rings is 1. The number of rotatable bonds is 8. The Labute approximate surface area is 191 Å². The van der Waals surface area contributed by atoms with E-state index < -0.39 is 0 Å². The minimum atomic E-state index is 0.283. The molecule has 0 spiro atoms.